The maximum Gasteiger partial charge on any atom is 0.323 e. The van der Waals surface area contributed by atoms with Crippen LogP contribution >= 0.6 is 0 Å². The summed E-state index contributed by atoms with van der Waals surface area (Å²) in [7, 11) is -3.72. The summed E-state index contributed by atoms with van der Waals surface area (Å²) in [6.45, 7) is 3.28. The molecule has 7 heteroatoms. The summed E-state index contributed by atoms with van der Waals surface area (Å²) in [5.74, 6) is -1.35. The number of fused-ring (bicyclic) bond motifs is 1. The lowest BCUT2D eigenvalue weighted by Gasteiger charge is -2.23. The van der Waals surface area contributed by atoms with Gasteiger partial charge in [0, 0.05) is 19.6 Å². The van der Waals surface area contributed by atoms with Gasteiger partial charge < -0.3 is 10.1 Å². The molecule has 0 aromatic heterocycles. The third-order valence-corrected chi connectivity index (χ3v) is 4.66. The van der Waals surface area contributed by atoms with E-state index in [1.54, 1.807) is 19.1 Å². The van der Waals surface area contributed by atoms with Crippen LogP contribution < -0.4 is 9.62 Å². The average Bonchev–Trinajstić information content (AvgIpc) is 2.60. The van der Waals surface area contributed by atoms with Gasteiger partial charge in [-0.2, -0.15) is 0 Å². The van der Waals surface area contributed by atoms with Gasteiger partial charge in [0.25, 0.3) is 0 Å². The van der Waals surface area contributed by atoms with Crippen molar-refractivity contribution in [2.45, 2.75) is 13.5 Å². The maximum atomic E-state index is 12.4. The van der Waals surface area contributed by atoms with Gasteiger partial charge in [-0.1, -0.05) is 18.2 Å². The largest absolute Gasteiger partial charge is 0.465 e. The number of esters is 1. The highest BCUT2D eigenvalue weighted by Crippen LogP contribution is 2.24. The molecule has 1 aliphatic rings. The second-order valence-electron chi connectivity index (χ2n) is 4.44. The number of benzene rings is 1. The second-order valence-corrected chi connectivity index (χ2v) is 6.33. The molecule has 0 radical (unpaired) electrons. The van der Waals surface area contributed by atoms with Crippen molar-refractivity contribution in [3.63, 3.8) is 0 Å². The van der Waals surface area contributed by atoms with E-state index >= 15 is 0 Å². The molecular weight excluding hydrogens is 280 g/mol. The van der Waals surface area contributed by atoms with E-state index in [9.17, 15) is 13.2 Å². The minimum Gasteiger partial charge on any atom is -0.465 e. The van der Waals surface area contributed by atoms with E-state index in [2.05, 4.69) is 5.32 Å². The number of sulfonamides is 1. The Morgan fingerprint density at radius 2 is 2.15 bits per heavy atom. The van der Waals surface area contributed by atoms with Gasteiger partial charge in [0.15, 0.2) is 5.75 Å². The maximum absolute atomic E-state index is 12.4. The first-order valence-electron chi connectivity index (χ1n) is 6.49. The van der Waals surface area contributed by atoms with Gasteiger partial charge in [0.2, 0.25) is 10.0 Å². The van der Waals surface area contributed by atoms with Gasteiger partial charge in [-0.3, -0.25) is 9.10 Å². The number of ether oxygens (including phenoxy) is 1. The summed E-state index contributed by atoms with van der Waals surface area (Å²) in [5, 5.41) is 3.16. The smallest absolute Gasteiger partial charge is 0.323 e. The molecule has 0 unspecified atom stereocenters. The summed E-state index contributed by atoms with van der Waals surface area (Å²) < 4.78 is 30.8. The van der Waals surface area contributed by atoms with Gasteiger partial charge in [-0.05, 0) is 18.6 Å². The van der Waals surface area contributed by atoms with Crippen LogP contribution in [0.5, 0.6) is 0 Å². The van der Waals surface area contributed by atoms with Crippen LogP contribution in [0.1, 0.15) is 12.5 Å². The summed E-state index contributed by atoms with van der Waals surface area (Å²) in [6.07, 6.45) is 0. The quantitative estimate of drug-likeness (QED) is 0.819. The van der Waals surface area contributed by atoms with E-state index in [4.69, 9.17) is 4.74 Å². The number of carbonyl (C=O) groups is 1. The SMILES string of the molecule is CCOC(=O)CS(=O)(=O)N1CCNCc2ccccc21. The van der Waals surface area contributed by atoms with Gasteiger partial charge in [-0.25, -0.2) is 8.42 Å². The first-order valence-corrected chi connectivity index (χ1v) is 8.10. The molecule has 2 rings (SSSR count). The van der Waals surface area contributed by atoms with E-state index in [0.29, 0.717) is 25.3 Å². The highest BCUT2D eigenvalue weighted by molar-refractivity contribution is 7.93. The lowest BCUT2D eigenvalue weighted by atomic mass is 10.2. The minimum absolute atomic E-state index is 0.173. The van der Waals surface area contributed by atoms with Gasteiger partial charge in [0.1, 0.15) is 0 Å². The molecule has 1 aliphatic heterocycles. The molecule has 0 amide bonds. The van der Waals surface area contributed by atoms with Gasteiger partial charge in [0.05, 0.1) is 12.3 Å². The van der Waals surface area contributed by atoms with Crippen LogP contribution in [-0.2, 0) is 26.1 Å². The Bertz CT molecular complexity index is 586. The fourth-order valence-corrected chi connectivity index (χ4v) is 3.53. The highest BCUT2D eigenvalue weighted by atomic mass is 32.2. The molecular formula is C13H18N2O4S. The van der Waals surface area contributed by atoms with Gasteiger partial charge in [-0.15, -0.1) is 0 Å². The summed E-state index contributed by atoms with van der Waals surface area (Å²) in [6, 6.07) is 7.28. The first-order chi connectivity index (χ1) is 9.54. The normalized spacial score (nSPS) is 15.3. The monoisotopic (exact) mass is 298 g/mol. The topological polar surface area (TPSA) is 75.7 Å². The Labute approximate surface area is 118 Å². The third-order valence-electron chi connectivity index (χ3n) is 3.01. The molecule has 6 nitrogen and oxygen atoms in total. The fraction of sp³-hybridized carbons (Fsp3) is 0.462. The standard InChI is InChI=1S/C13H18N2O4S/c1-2-19-13(16)10-20(17,18)15-8-7-14-9-11-5-3-4-6-12(11)15/h3-6,14H,2,7-10H2,1H3. The van der Waals surface area contributed by atoms with Crippen molar-refractivity contribution in [1.82, 2.24) is 5.32 Å². The van der Waals surface area contributed by atoms with E-state index in [0.717, 1.165) is 5.56 Å². The Kier molecular flexibility index (Phi) is 4.61. The Morgan fingerprint density at radius 1 is 1.40 bits per heavy atom. The number of para-hydroxylation sites is 1. The number of hydrogen-bond donors (Lipinski definition) is 1. The summed E-state index contributed by atoms with van der Waals surface area (Å²) in [5.41, 5.74) is 1.53. The Hall–Kier alpha value is -1.60. The second kappa shape index (κ2) is 6.23. The summed E-state index contributed by atoms with van der Waals surface area (Å²) >= 11 is 0. The molecule has 0 saturated carbocycles. The molecule has 0 saturated heterocycles. The number of nitrogens with zero attached hydrogens (tertiary/aromatic N) is 1. The van der Waals surface area contributed by atoms with Crippen molar-refractivity contribution in [2.75, 3.05) is 29.8 Å². The summed E-state index contributed by atoms with van der Waals surface area (Å²) in [4.78, 5) is 11.5. The molecule has 0 aliphatic carbocycles. The van der Waals surface area contributed by atoms with Crippen LogP contribution in [0.2, 0.25) is 0 Å². The molecule has 1 heterocycles. The zero-order valence-electron chi connectivity index (χ0n) is 11.3. The van der Waals surface area contributed by atoms with Crippen molar-refractivity contribution in [3.8, 4) is 0 Å². The minimum atomic E-state index is -3.72. The zero-order chi connectivity index (χ0) is 14.6. The lowest BCUT2D eigenvalue weighted by molar-refractivity contribution is -0.139. The number of hydrogen-bond acceptors (Lipinski definition) is 5. The van der Waals surface area contributed by atoms with Crippen LogP contribution in [-0.4, -0.2) is 39.8 Å². The number of anilines is 1. The molecule has 0 spiro atoms. The molecule has 110 valence electrons. The van der Waals surface area contributed by atoms with Crippen molar-refractivity contribution in [1.29, 1.82) is 0 Å². The third kappa shape index (κ3) is 3.29. The number of carbonyl (C=O) groups excluding carboxylic acids is 1. The zero-order valence-corrected chi connectivity index (χ0v) is 12.1. The van der Waals surface area contributed by atoms with Crippen LogP contribution in [0.4, 0.5) is 5.69 Å². The van der Waals surface area contributed by atoms with Crippen molar-refractivity contribution < 1.29 is 17.9 Å². The van der Waals surface area contributed by atoms with Crippen LogP contribution in [0.25, 0.3) is 0 Å². The molecule has 1 aromatic carbocycles. The number of nitrogens with one attached hydrogen (secondary N) is 1. The van der Waals surface area contributed by atoms with Gasteiger partial charge >= 0.3 is 5.97 Å². The van der Waals surface area contributed by atoms with E-state index in [-0.39, 0.29) is 6.61 Å². The molecule has 0 fully saturated rings. The van der Waals surface area contributed by atoms with Crippen LogP contribution in [0.3, 0.4) is 0 Å². The van der Waals surface area contributed by atoms with Crippen molar-refractivity contribution in [2.24, 2.45) is 0 Å². The van der Waals surface area contributed by atoms with Crippen molar-refractivity contribution in [3.05, 3.63) is 29.8 Å². The fourth-order valence-electron chi connectivity index (χ4n) is 2.15. The Morgan fingerprint density at radius 3 is 2.90 bits per heavy atom. The van der Waals surface area contributed by atoms with Crippen molar-refractivity contribution >= 4 is 21.7 Å². The first kappa shape index (κ1) is 14.8. The van der Waals surface area contributed by atoms with E-state index in [1.807, 2.05) is 12.1 Å². The van der Waals surface area contributed by atoms with Crippen LogP contribution in [0, 0.1) is 0 Å². The van der Waals surface area contributed by atoms with E-state index in [1.165, 1.54) is 4.31 Å². The molecule has 1 N–H and O–H groups in total. The molecule has 1 aromatic rings. The predicted octanol–water partition coefficient (Wildman–Crippen LogP) is 0.489. The highest BCUT2D eigenvalue weighted by Gasteiger charge is 2.28. The lowest BCUT2D eigenvalue weighted by Crippen LogP contribution is -2.38. The van der Waals surface area contributed by atoms with Crippen LogP contribution in [0.15, 0.2) is 24.3 Å². The molecule has 0 bridgehead atoms. The average molecular weight is 298 g/mol. The van der Waals surface area contributed by atoms with E-state index < -0.39 is 21.7 Å². The molecule has 0 atom stereocenters. The predicted molar refractivity (Wildman–Crippen MR) is 75.9 cm³/mol. The Balaban J connectivity index is 2.29. The number of rotatable bonds is 4. The molecule has 20 heavy (non-hydrogen) atoms.